The molecule has 1 atom stereocenters. The zero-order chi connectivity index (χ0) is 14.6. The summed E-state index contributed by atoms with van der Waals surface area (Å²) in [6, 6.07) is 3.76. The lowest BCUT2D eigenvalue weighted by atomic mass is 10.1. The zero-order valence-corrected chi connectivity index (χ0v) is 13.7. The van der Waals surface area contributed by atoms with Gasteiger partial charge in [-0.3, -0.25) is 0 Å². The van der Waals surface area contributed by atoms with Crippen molar-refractivity contribution >= 4 is 26.0 Å². The van der Waals surface area contributed by atoms with Crippen LogP contribution in [0.3, 0.4) is 0 Å². The molecule has 0 fully saturated rings. The van der Waals surface area contributed by atoms with E-state index in [-0.39, 0.29) is 16.3 Å². The molecule has 0 aliphatic heterocycles. The average Bonchev–Trinajstić information content (AvgIpc) is 2.29. The molecule has 0 saturated heterocycles. The number of sulfonamides is 1. The number of hydrogen-bond acceptors (Lipinski definition) is 2. The molecule has 1 N–H and O–H groups in total. The lowest BCUT2D eigenvalue weighted by molar-refractivity contribution is 0.550. The van der Waals surface area contributed by atoms with E-state index in [1.807, 2.05) is 0 Å². The third-order valence-electron chi connectivity index (χ3n) is 2.66. The highest BCUT2D eigenvalue weighted by Crippen LogP contribution is 2.17. The Kier molecular flexibility index (Phi) is 5.95. The summed E-state index contributed by atoms with van der Waals surface area (Å²) in [5.41, 5.74) is 0.531. The van der Waals surface area contributed by atoms with Gasteiger partial charge in [-0.25, -0.2) is 17.5 Å². The van der Waals surface area contributed by atoms with Crippen LogP contribution in [0, 0.1) is 18.7 Å². The largest absolute Gasteiger partial charge is 0.240 e. The Morgan fingerprint density at radius 3 is 2.58 bits per heavy atom. The number of aryl methyl sites for hydroxylation is 1. The summed E-state index contributed by atoms with van der Waals surface area (Å²) in [5.74, 6) is -0.0756. The standard InChI is InChI=1S/C13H19BrFNO2S/c1-9(2)6-11(14)8-16-19(17,18)13-7-12(15)5-4-10(13)3/h4-5,7,9,11,16H,6,8H2,1-3H3. The van der Waals surface area contributed by atoms with Crippen molar-refractivity contribution in [2.24, 2.45) is 5.92 Å². The van der Waals surface area contributed by atoms with Crippen molar-refractivity contribution < 1.29 is 12.8 Å². The molecule has 1 rings (SSSR count). The van der Waals surface area contributed by atoms with Crippen LogP contribution in [0.25, 0.3) is 0 Å². The van der Waals surface area contributed by atoms with E-state index in [0.717, 1.165) is 12.5 Å². The first kappa shape index (κ1) is 16.6. The molecule has 0 aliphatic carbocycles. The normalized spacial score (nSPS) is 13.8. The molecular weight excluding hydrogens is 333 g/mol. The molecule has 1 aromatic carbocycles. The fourth-order valence-electron chi connectivity index (χ4n) is 1.74. The van der Waals surface area contributed by atoms with Gasteiger partial charge in [0.1, 0.15) is 5.82 Å². The molecule has 0 spiro atoms. The highest BCUT2D eigenvalue weighted by Gasteiger charge is 2.19. The number of halogens is 2. The van der Waals surface area contributed by atoms with E-state index in [9.17, 15) is 12.8 Å². The number of rotatable bonds is 6. The van der Waals surface area contributed by atoms with Gasteiger partial charge in [-0.05, 0) is 37.0 Å². The summed E-state index contributed by atoms with van der Waals surface area (Å²) in [4.78, 5) is 0.0629. The number of hydrogen-bond donors (Lipinski definition) is 1. The SMILES string of the molecule is Cc1ccc(F)cc1S(=O)(=O)NCC(Br)CC(C)C. The van der Waals surface area contributed by atoms with Gasteiger partial charge in [0.15, 0.2) is 0 Å². The zero-order valence-electron chi connectivity index (χ0n) is 11.3. The van der Waals surface area contributed by atoms with Gasteiger partial charge in [-0.15, -0.1) is 0 Å². The van der Waals surface area contributed by atoms with E-state index in [1.54, 1.807) is 6.92 Å². The van der Waals surface area contributed by atoms with Crippen LogP contribution in [0.2, 0.25) is 0 Å². The van der Waals surface area contributed by atoms with Gasteiger partial charge in [0.2, 0.25) is 10.0 Å². The van der Waals surface area contributed by atoms with E-state index < -0.39 is 15.8 Å². The van der Waals surface area contributed by atoms with Crippen molar-refractivity contribution in [2.45, 2.75) is 36.9 Å². The highest BCUT2D eigenvalue weighted by atomic mass is 79.9. The predicted octanol–water partition coefficient (Wildman–Crippen LogP) is 3.22. The van der Waals surface area contributed by atoms with E-state index in [2.05, 4.69) is 34.5 Å². The lowest BCUT2D eigenvalue weighted by Gasteiger charge is -2.14. The van der Waals surface area contributed by atoms with Gasteiger partial charge in [0, 0.05) is 11.4 Å². The second-order valence-corrected chi connectivity index (χ2v) is 8.02. The highest BCUT2D eigenvalue weighted by molar-refractivity contribution is 9.09. The van der Waals surface area contributed by atoms with Gasteiger partial charge in [0.05, 0.1) is 4.90 Å². The maximum Gasteiger partial charge on any atom is 0.240 e. The van der Waals surface area contributed by atoms with Crippen LogP contribution in [0.15, 0.2) is 23.1 Å². The number of benzene rings is 1. The summed E-state index contributed by atoms with van der Waals surface area (Å²) in [6.07, 6.45) is 0.866. The Labute approximate surface area is 122 Å². The molecule has 6 heteroatoms. The monoisotopic (exact) mass is 351 g/mol. The van der Waals surface area contributed by atoms with Gasteiger partial charge in [0.25, 0.3) is 0 Å². The van der Waals surface area contributed by atoms with Crippen molar-refractivity contribution in [3.63, 3.8) is 0 Å². The summed E-state index contributed by atoms with van der Waals surface area (Å²) in [7, 11) is -3.66. The van der Waals surface area contributed by atoms with Crippen LogP contribution in [-0.4, -0.2) is 19.8 Å². The molecule has 0 aliphatic rings. The first-order valence-corrected chi connectivity index (χ1v) is 8.52. The first-order chi connectivity index (χ1) is 8.72. The molecule has 0 bridgehead atoms. The van der Waals surface area contributed by atoms with E-state index >= 15 is 0 Å². The van der Waals surface area contributed by atoms with E-state index in [4.69, 9.17) is 0 Å². The molecule has 1 aromatic rings. The smallest absolute Gasteiger partial charge is 0.210 e. The van der Waals surface area contributed by atoms with Crippen LogP contribution >= 0.6 is 15.9 Å². The van der Waals surface area contributed by atoms with Crippen molar-refractivity contribution in [1.29, 1.82) is 0 Å². The molecule has 0 amide bonds. The molecule has 0 saturated carbocycles. The first-order valence-electron chi connectivity index (χ1n) is 6.12. The number of alkyl halides is 1. The van der Waals surface area contributed by atoms with E-state index in [1.165, 1.54) is 12.1 Å². The third kappa shape index (κ3) is 5.20. The Hall–Kier alpha value is -0.460. The molecule has 1 unspecified atom stereocenters. The topological polar surface area (TPSA) is 46.2 Å². The van der Waals surface area contributed by atoms with Crippen LogP contribution in [0.1, 0.15) is 25.8 Å². The molecule has 0 radical (unpaired) electrons. The van der Waals surface area contributed by atoms with Gasteiger partial charge >= 0.3 is 0 Å². The van der Waals surface area contributed by atoms with Crippen LogP contribution in [0.5, 0.6) is 0 Å². The fraction of sp³-hybridized carbons (Fsp3) is 0.538. The second-order valence-electron chi connectivity index (χ2n) is 4.99. The van der Waals surface area contributed by atoms with Gasteiger partial charge in [-0.2, -0.15) is 0 Å². The average molecular weight is 352 g/mol. The van der Waals surface area contributed by atoms with Crippen molar-refractivity contribution in [2.75, 3.05) is 6.54 Å². The van der Waals surface area contributed by atoms with Crippen molar-refractivity contribution in [3.05, 3.63) is 29.6 Å². The Bertz CT molecular complexity index is 531. The minimum absolute atomic E-state index is 0.00301. The fourth-order valence-corrected chi connectivity index (χ4v) is 4.20. The Morgan fingerprint density at radius 1 is 1.37 bits per heavy atom. The lowest BCUT2D eigenvalue weighted by Crippen LogP contribution is -2.30. The maximum absolute atomic E-state index is 13.1. The molecule has 108 valence electrons. The minimum Gasteiger partial charge on any atom is -0.210 e. The predicted molar refractivity (Wildman–Crippen MR) is 78.5 cm³/mol. The summed E-state index contributed by atoms with van der Waals surface area (Å²) in [6.45, 7) is 6.07. The molecule has 0 aromatic heterocycles. The van der Waals surface area contributed by atoms with Gasteiger partial charge < -0.3 is 0 Å². The van der Waals surface area contributed by atoms with Crippen molar-refractivity contribution in [1.82, 2.24) is 4.72 Å². The quantitative estimate of drug-likeness (QED) is 0.799. The van der Waals surface area contributed by atoms with Crippen LogP contribution in [-0.2, 0) is 10.0 Å². The van der Waals surface area contributed by atoms with Gasteiger partial charge in [-0.1, -0.05) is 35.8 Å². The Balaban J connectivity index is 2.79. The molecule has 3 nitrogen and oxygen atoms in total. The Morgan fingerprint density at radius 2 is 2.00 bits per heavy atom. The van der Waals surface area contributed by atoms with Crippen LogP contribution < -0.4 is 4.72 Å². The summed E-state index contributed by atoms with van der Waals surface area (Å²) >= 11 is 3.44. The maximum atomic E-state index is 13.1. The third-order valence-corrected chi connectivity index (χ3v) is 4.92. The molecular formula is C13H19BrFNO2S. The molecule has 0 heterocycles. The second kappa shape index (κ2) is 6.81. The van der Waals surface area contributed by atoms with Crippen molar-refractivity contribution in [3.8, 4) is 0 Å². The molecule has 19 heavy (non-hydrogen) atoms. The summed E-state index contributed by atoms with van der Waals surface area (Å²) in [5, 5.41) is 0. The minimum atomic E-state index is -3.66. The van der Waals surface area contributed by atoms with Crippen LogP contribution in [0.4, 0.5) is 4.39 Å². The summed E-state index contributed by atoms with van der Waals surface area (Å²) < 4.78 is 39.8. The van der Waals surface area contributed by atoms with E-state index in [0.29, 0.717) is 11.5 Å². The number of nitrogens with one attached hydrogen (secondary N) is 1.